The third-order valence-corrected chi connectivity index (χ3v) is 22.5. The molecule has 4 heterocycles. The van der Waals surface area contributed by atoms with Crippen molar-refractivity contribution in [3.63, 3.8) is 0 Å². The fraction of sp³-hybridized carbons (Fsp3) is 0.0145. The van der Waals surface area contributed by atoms with Gasteiger partial charge in [-0.25, -0.2) is 0 Å². The van der Waals surface area contributed by atoms with Crippen LogP contribution in [0.3, 0.4) is 0 Å². The Bertz CT molecular complexity index is 4390. The first-order valence-corrected chi connectivity index (χ1v) is 29.3. The van der Waals surface area contributed by atoms with Crippen LogP contribution in [0, 0.1) is 0 Å². The van der Waals surface area contributed by atoms with Crippen molar-refractivity contribution in [3.8, 4) is 72.4 Å². The number of hydrogen-bond donors (Lipinski definition) is 0. The Morgan fingerprint density at radius 1 is 0.264 bits per heavy atom. The minimum atomic E-state index is -0.553. The minimum absolute atomic E-state index is 0.451. The summed E-state index contributed by atoms with van der Waals surface area (Å²) in [7, 11) is 0. The molecular formula is C69H39Ge2N. The van der Waals surface area contributed by atoms with Crippen LogP contribution in [0.5, 0.6) is 0 Å². The summed E-state index contributed by atoms with van der Waals surface area (Å²) >= 11 is -0.902. The molecule has 1 nitrogen and oxygen atoms in total. The van der Waals surface area contributed by atoms with E-state index in [1.54, 1.807) is 0 Å². The van der Waals surface area contributed by atoms with Crippen molar-refractivity contribution in [1.82, 2.24) is 4.57 Å². The van der Waals surface area contributed by atoms with E-state index in [9.17, 15) is 0 Å². The van der Waals surface area contributed by atoms with Crippen molar-refractivity contribution in [2.75, 3.05) is 0 Å². The van der Waals surface area contributed by atoms with Crippen LogP contribution in [0.2, 0.25) is 0 Å². The zero-order valence-electron chi connectivity index (χ0n) is 39.0. The van der Waals surface area contributed by atoms with Gasteiger partial charge in [0.1, 0.15) is 0 Å². The predicted molar refractivity (Wildman–Crippen MR) is 304 cm³/mol. The van der Waals surface area contributed by atoms with E-state index in [1.807, 2.05) is 0 Å². The molecule has 13 aromatic rings. The summed E-state index contributed by atoms with van der Waals surface area (Å²) in [5, 5.41) is 7.69. The van der Waals surface area contributed by atoms with E-state index in [2.05, 4.69) is 241 Å². The monoisotopic (exact) mass is 1030 g/mol. The molecule has 12 aromatic carbocycles. The molecule has 0 bridgehead atoms. The topological polar surface area (TPSA) is 4.93 Å². The molecule has 1 aromatic heterocycles. The van der Waals surface area contributed by atoms with Gasteiger partial charge in [0.25, 0.3) is 0 Å². The number of para-hydroxylation sites is 3. The van der Waals surface area contributed by atoms with Gasteiger partial charge < -0.3 is 0 Å². The number of nitrogens with zero attached hydrogens (tertiary/aromatic N) is 1. The van der Waals surface area contributed by atoms with Crippen molar-refractivity contribution in [2.45, 2.75) is 5.41 Å². The Labute approximate surface area is 430 Å². The molecule has 1 spiro atoms. The molecule has 0 amide bonds. The van der Waals surface area contributed by atoms with Gasteiger partial charge >= 0.3 is 337 Å². The van der Waals surface area contributed by atoms with Crippen molar-refractivity contribution < 1.29 is 0 Å². The quantitative estimate of drug-likeness (QED) is 0.123. The maximum absolute atomic E-state index is 2.66. The number of aromatic nitrogens is 1. The van der Waals surface area contributed by atoms with Gasteiger partial charge in [0.2, 0.25) is 0 Å². The SMILES string of the molecule is c1ccc2[c](c1)[Ge][c]1cccc(-c3cccc4c(-c5cccc6c5-n5c7ccccc7c7cccc(c75)C65c6ccccc6-c6ccccc65)c5cccc(-c6ccc[c]7c6-c6cccc[c]6[Ge]7)c5cc34)c1-2. The molecule has 0 saturated heterocycles. The van der Waals surface area contributed by atoms with Crippen molar-refractivity contribution in [3.05, 3.63) is 259 Å². The average molecular weight is 1030 g/mol. The van der Waals surface area contributed by atoms with E-state index in [4.69, 9.17) is 0 Å². The zero-order valence-corrected chi connectivity index (χ0v) is 43.2. The second-order valence-electron chi connectivity index (χ2n) is 19.9. The second-order valence-corrected chi connectivity index (χ2v) is 25.5. The van der Waals surface area contributed by atoms with Crippen LogP contribution in [-0.4, -0.2) is 35.4 Å². The third kappa shape index (κ3) is 5.00. The van der Waals surface area contributed by atoms with Gasteiger partial charge in [0.05, 0.1) is 0 Å². The molecule has 0 unspecified atom stereocenters. The van der Waals surface area contributed by atoms with Crippen LogP contribution in [-0.2, 0) is 5.41 Å². The summed E-state index contributed by atoms with van der Waals surface area (Å²) in [4.78, 5) is 0. The van der Waals surface area contributed by atoms with Gasteiger partial charge in [0, 0.05) is 0 Å². The molecule has 0 N–H and O–H groups in total. The number of benzene rings is 12. The van der Waals surface area contributed by atoms with E-state index >= 15 is 0 Å². The Morgan fingerprint density at radius 3 is 1.32 bits per heavy atom. The van der Waals surface area contributed by atoms with E-state index < -0.39 is 36.3 Å². The van der Waals surface area contributed by atoms with E-state index in [1.165, 1.54) is 156 Å². The Balaban J connectivity index is 1.06. The Kier molecular flexibility index (Phi) is 8.04. The molecule has 17 rings (SSSR count). The average Bonchev–Trinajstić information content (AvgIpc) is 4.19. The molecule has 72 heavy (non-hydrogen) atoms. The zero-order chi connectivity index (χ0) is 46.8. The Hall–Kier alpha value is -7.95. The van der Waals surface area contributed by atoms with Crippen molar-refractivity contribution in [2.24, 2.45) is 0 Å². The fourth-order valence-electron chi connectivity index (χ4n) is 14.0. The van der Waals surface area contributed by atoms with Gasteiger partial charge in [-0.15, -0.1) is 0 Å². The number of hydrogen-bond acceptors (Lipinski definition) is 0. The van der Waals surface area contributed by atoms with Crippen LogP contribution < -0.4 is 17.6 Å². The van der Waals surface area contributed by atoms with Gasteiger partial charge in [-0.05, 0) is 11.1 Å². The molecule has 0 atom stereocenters. The van der Waals surface area contributed by atoms with Gasteiger partial charge in [-0.1, -0.05) is 84.9 Å². The molecular weight excluding hydrogens is 988 g/mol. The van der Waals surface area contributed by atoms with Crippen LogP contribution in [0.25, 0.3) is 116 Å². The first-order valence-electron chi connectivity index (χ1n) is 25.1. The summed E-state index contributed by atoms with van der Waals surface area (Å²) in [5.74, 6) is 0. The Morgan fingerprint density at radius 2 is 0.681 bits per heavy atom. The van der Waals surface area contributed by atoms with Crippen LogP contribution in [0.1, 0.15) is 22.3 Å². The van der Waals surface area contributed by atoms with Crippen LogP contribution in [0.4, 0.5) is 0 Å². The fourth-order valence-corrected chi connectivity index (χ4v) is 19.8. The molecule has 1 aliphatic carbocycles. The van der Waals surface area contributed by atoms with E-state index in [0.29, 0.717) is 0 Å². The molecule has 3 heteroatoms. The first-order chi connectivity index (χ1) is 35.8. The number of fused-ring (bicyclic) bond motifs is 20. The van der Waals surface area contributed by atoms with Gasteiger partial charge in [-0.3, -0.25) is 0 Å². The normalized spacial score (nSPS) is 13.8. The van der Waals surface area contributed by atoms with Crippen LogP contribution >= 0.6 is 0 Å². The summed E-state index contributed by atoms with van der Waals surface area (Å²) < 4.78 is 8.77. The van der Waals surface area contributed by atoms with Crippen molar-refractivity contribution in [1.29, 1.82) is 0 Å². The summed E-state index contributed by atoms with van der Waals surface area (Å²) in [6.07, 6.45) is 0. The molecule has 0 saturated carbocycles. The molecule has 0 fully saturated rings. The van der Waals surface area contributed by atoms with Gasteiger partial charge in [0.15, 0.2) is 0 Å². The summed E-state index contributed by atoms with van der Waals surface area (Å²) in [6.45, 7) is 0. The third-order valence-electron chi connectivity index (χ3n) is 16.7. The van der Waals surface area contributed by atoms with Crippen molar-refractivity contribution >= 4 is 91.8 Å². The van der Waals surface area contributed by atoms with Crippen LogP contribution in [0.15, 0.2) is 237 Å². The summed E-state index contributed by atoms with van der Waals surface area (Å²) in [6, 6.07) is 91.4. The molecule has 328 valence electrons. The molecule has 4 radical (unpaired) electrons. The predicted octanol–water partition coefficient (Wildman–Crippen LogP) is 14.0. The standard InChI is InChI=1S/C69H39Ge2N/c1-6-30-55-42(17-1)43-18-2-7-31-56(43)69(55)57-32-13-28-49-44-19-5-10-38-63(44)72(67(49)57)68-52(29-14-33-58(68)69)64-47-24-11-22-40(45-26-15-36-61-65(45)50-20-3-8-34-59(50)70-61)53(47)39-54-41(23-12-25-48(54)64)46-27-16-37-62-66(46)51-21-4-9-35-60(51)71-62/h1-39H. The van der Waals surface area contributed by atoms with E-state index in [0.717, 1.165) is 0 Å². The van der Waals surface area contributed by atoms with Gasteiger partial charge in [-0.2, -0.15) is 0 Å². The summed E-state index contributed by atoms with van der Waals surface area (Å²) in [5.41, 5.74) is 24.7. The second kappa shape index (κ2) is 14.6. The molecule has 4 aliphatic rings. The number of rotatable bonds is 3. The first kappa shape index (κ1) is 39.7. The maximum atomic E-state index is 2.66. The van der Waals surface area contributed by atoms with E-state index in [-0.39, 0.29) is 0 Å². The molecule has 3 aliphatic heterocycles.